The maximum atomic E-state index is 12.8. The van der Waals surface area contributed by atoms with Gasteiger partial charge in [-0.2, -0.15) is 0 Å². The molecule has 3 aromatic rings. The molecule has 0 aliphatic carbocycles. The molecule has 2 unspecified atom stereocenters. The van der Waals surface area contributed by atoms with Crippen LogP contribution in [0.25, 0.3) is 10.9 Å². The van der Waals surface area contributed by atoms with Gasteiger partial charge in [0.25, 0.3) is 0 Å². The molecule has 1 aliphatic rings. The number of fused-ring (bicyclic) bond motifs is 1. The van der Waals surface area contributed by atoms with E-state index in [1.54, 1.807) is 23.4 Å². The first-order valence-electron chi connectivity index (χ1n) is 9.17. The molecule has 1 amide bonds. The predicted octanol–water partition coefficient (Wildman–Crippen LogP) is 1.88. The Morgan fingerprint density at radius 3 is 2.85 bits per heavy atom. The Labute approximate surface area is 157 Å². The average Bonchev–Trinajstić information content (AvgIpc) is 2.99. The minimum atomic E-state index is -0.657. The van der Waals surface area contributed by atoms with Crippen molar-refractivity contribution in [3.8, 4) is 0 Å². The highest BCUT2D eigenvalue weighted by atomic mass is 16.3. The van der Waals surface area contributed by atoms with Crippen LogP contribution >= 0.6 is 0 Å². The minimum Gasteiger partial charge on any atom is -0.389 e. The second-order valence-electron chi connectivity index (χ2n) is 6.97. The van der Waals surface area contributed by atoms with Crippen molar-refractivity contribution >= 4 is 22.8 Å². The largest absolute Gasteiger partial charge is 0.389 e. The zero-order valence-corrected chi connectivity index (χ0v) is 15.2. The Hall–Kier alpha value is -2.93. The van der Waals surface area contributed by atoms with Gasteiger partial charge in [0, 0.05) is 42.1 Å². The normalized spacial score (nSPS) is 20.0. The lowest BCUT2D eigenvalue weighted by Crippen LogP contribution is -2.52. The van der Waals surface area contributed by atoms with Gasteiger partial charge in [-0.25, -0.2) is 9.97 Å². The number of aryl methyl sites for hydroxylation is 1. The molecule has 2 atom stereocenters. The summed E-state index contributed by atoms with van der Waals surface area (Å²) >= 11 is 0. The summed E-state index contributed by atoms with van der Waals surface area (Å²) in [5.41, 5.74) is 3.09. The number of likely N-dealkylation sites (tertiary alicyclic amines) is 1. The van der Waals surface area contributed by atoms with E-state index < -0.39 is 6.10 Å². The molecule has 4 rings (SSSR count). The first-order chi connectivity index (χ1) is 13.1. The standard InChI is InChI=1S/C20H23N5O2/c1-13-15(14-5-2-3-6-16(14)23-13)11-19(27)25-10-7-17(18(26)12-25)24-20-21-8-4-9-22-20/h2-6,8-9,17-18,23,26H,7,10-12H2,1H3,(H,21,22,24). The molecule has 7 nitrogen and oxygen atoms in total. The number of hydrogen-bond acceptors (Lipinski definition) is 5. The fourth-order valence-electron chi connectivity index (χ4n) is 3.69. The molecule has 0 saturated carbocycles. The van der Waals surface area contributed by atoms with Crippen LogP contribution in [0.4, 0.5) is 5.95 Å². The summed E-state index contributed by atoms with van der Waals surface area (Å²) in [6, 6.07) is 9.60. The van der Waals surface area contributed by atoms with Gasteiger partial charge in [0.1, 0.15) is 0 Å². The summed E-state index contributed by atoms with van der Waals surface area (Å²) < 4.78 is 0. The number of carbonyl (C=O) groups is 1. The van der Waals surface area contributed by atoms with Crippen LogP contribution in [0.3, 0.4) is 0 Å². The van der Waals surface area contributed by atoms with E-state index >= 15 is 0 Å². The molecule has 2 aromatic heterocycles. The quantitative estimate of drug-likeness (QED) is 0.656. The van der Waals surface area contributed by atoms with Crippen molar-refractivity contribution < 1.29 is 9.90 Å². The molecule has 3 N–H and O–H groups in total. The number of hydrogen-bond donors (Lipinski definition) is 3. The maximum absolute atomic E-state index is 12.8. The lowest BCUT2D eigenvalue weighted by atomic mass is 10.0. The van der Waals surface area contributed by atoms with Crippen molar-refractivity contribution in [1.29, 1.82) is 0 Å². The number of aromatic nitrogens is 3. The third-order valence-electron chi connectivity index (χ3n) is 5.17. The van der Waals surface area contributed by atoms with E-state index in [1.807, 2.05) is 31.2 Å². The lowest BCUT2D eigenvalue weighted by Gasteiger charge is -2.36. The van der Waals surface area contributed by atoms with E-state index in [4.69, 9.17) is 0 Å². The number of H-pyrrole nitrogens is 1. The molecule has 1 aliphatic heterocycles. The molecular formula is C20H23N5O2. The fraction of sp³-hybridized carbons (Fsp3) is 0.350. The van der Waals surface area contributed by atoms with E-state index in [2.05, 4.69) is 20.3 Å². The summed E-state index contributed by atoms with van der Waals surface area (Å²) in [6.07, 6.45) is 3.64. The molecule has 1 aromatic carbocycles. The molecule has 1 saturated heterocycles. The highest BCUT2D eigenvalue weighted by Gasteiger charge is 2.31. The van der Waals surface area contributed by atoms with Gasteiger partial charge < -0.3 is 20.3 Å². The number of benzene rings is 1. The van der Waals surface area contributed by atoms with E-state index in [0.717, 1.165) is 22.2 Å². The number of para-hydroxylation sites is 1. The average molecular weight is 365 g/mol. The van der Waals surface area contributed by atoms with Crippen LogP contribution in [-0.2, 0) is 11.2 Å². The van der Waals surface area contributed by atoms with E-state index in [0.29, 0.717) is 31.9 Å². The molecule has 140 valence electrons. The third kappa shape index (κ3) is 3.64. The van der Waals surface area contributed by atoms with Crippen molar-refractivity contribution in [1.82, 2.24) is 19.9 Å². The van der Waals surface area contributed by atoms with Gasteiger partial charge in [0.15, 0.2) is 0 Å². The molecule has 27 heavy (non-hydrogen) atoms. The number of carbonyl (C=O) groups excluding carboxylic acids is 1. The second kappa shape index (κ2) is 7.36. The smallest absolute Gasteiger partial charge is 0.227 e. The second-order valence-corrected chi connectivity index (χ2v) is 6.97. The van der Waals surface area contributed by atoms with Gasteiger partial charge in [-0.05, 0) is 31.0 Å². The summed E-state index contributed by atoms with van der Waals surface area (Å²) in [5, 5.41) is 14.7. The lowest BCUT2D eigenvalue weighted by molar-refractivity contribution is -0.133. The number of nitrogens with zero attached hydrogens (tertiary/aromatic N) is 3. The molecule has 0 bridgehead atoms. The van der Waals surface area contributed by atoms with Crippen molar-refractivity contribution in [2.75, 3.05) is 18.4 Å². The number of piperidine rings is 1. The number of rotatable bonds is 4. The van der Waals surface area contributed by atoms with E-state index in [-0.39, 0.29) is 11.9 Å². The number of aliphatic hydroxyl groups excluding tert-OH is 1. The SMILES string of the molecule is Cc1[nH]c2ccccc2c1CC(=O)N1CCC(Nc2ncccn2)C(O)C1. The Balaban J connectivity index is 1.41. The summed E-state index contributed by atoms with van der Waals surface area (Å²) in [6.45, 7) is 2.90. The number of nitrogens with one attached hydrogen (secondary N) is 2. The monoisotopic (exact) mass is 365 g/mol. The number of β-amino-alcohol motifs (C(OH)–C–C–N with tert-alkyl or cyclic N) is 1. The summed E-state index contributed by atoms with van der Waals surface area (Å²) in [7, 11) is 0. The van der Waals surface area contributed by atoms with Crippen LogP contribution in [-0.4, -0.2) is 56.1 Å². The number of amides is 1. The molecule has 3 heterocycles. The zero-order valence-electron chi connectivity index (χ0n) is 15.2. The number of aliphatic hydroxyl groups is 1. The van der Waals surface area contributed by atoms with Gasteiger partial charge in [-0.15, -0.1) is 0 Å². The highest BCUT2D eigenvalue weighted by molar-refractivity contribution is 5.90. The molecular weight excluding hydrogens is 342 g/mol. The summed E-state index contributed by atoms with van der Waals surface area (Å²) in [4.78, 5) is 26.2. The van der Waals surface area contributed by atoms with Crippen LogP contribution in [0.15, 0.2) is 42.7 Å². The van der Waals surface area contributed by atoms with Gasteiger partial charge in [0.2, 0.25) is 11.9 Å². The van der Waals surface area contributed by atoms with E-state index in [9.17, 15) is 9.90 Å². The predicted molar refractivity (Wildman–Crippen MR) is 103 cm³/mol. The topological polar surface area (TPSA) is 94.1 Å². The third-order valence-corrected chi connectivity index (χ3v) is 5.17. The van der Waals surface area contributed by atoms with Gasteiger partial charge in [-0.1, -0.05) is 18.2 Å². The Morgan fingerprint density at radius 2 is 2.07 bits per heavy atom. The van der Waals surface area contributed by atoms with Gasteiger partial charge in [-0.3, -0.25) is 4.79 Å². The zero-order chi connectivity index (χ0) is 18.8. The van der Waals surface area contributed by atoms with Crippen LogP contribution in [0.1, 0.15) is 17.7 Å². The van der Waals surface area contributed by atoms with Crippen molar-refractivity contribution in [2.24, 2.45) is 0 Å². The highest BCUT2D eigenvalue weighted by Crippen LogP contribution is 2.24. The first kappa shape index (κ1) is 17.5. The summed E-state index contributed by atoms with van der Waals surface area (Å²) in [5.74, 6) is 0.534. The van der Waals surface area contributed by atoms with E-state index in [1.165, 1.54) is 0 Å². The Bertz CT molecular complexity index is 940. The van der Waals surface area contributed by atoms with Crippen LogP contribution < -0.4 is 5.32 Å². The maximum Gasteiger partial charge on any atom is 0.227 e. The number of aromatic amines is 1. The first-order valence-corrected chi connectivity index (χ1v) is 9.17. The fourth-order valence-corrected chi connectivity index (χ4v) is 3.69. The molecule has 1 fully saturated rings. The van der Waals surface area contributed by atoms with Crippen molar-refractivity contribution in [3.63, 3.8) is 0 Å². The van der Waals surface area contributed by atoms with Crippen molar-refractivity contribution in [2.45, 2.75) is 31.9 Å². The Morgan fingerprint density at radius 1 is 1.30 bits per heavy atom. The Kier molecular flexibility index (Phi) is 4.77. The molecule has 0 spiro atoms. The van der Waals surface area contributed by atoms with Gasteiger partial charge in [0.05, 0.1) is 18.6 Å². The van der Waals surface area contributed by atoms with Crippen LogP contribution in [0, 0.1) is 6.92 Å². The minimum absolute atomic E-state index is 0.0383. The molecule has 0 radical (unpaired) electrons. The number of anilines is 1. The molecule has 7 heteroatoms. The van der Waals surface area contributed by atoms with Gasteiger partial charge >= 0.3 is 0 Å². The van der Waals surface area contributed by atoms with Crippen molar-refractivity contribution in [3.05, 3.63) is 54.0 Å². The van der Waals surface area contributed by atoms with Crippen LogP contribution in [0.5, 0.6) is 0 Å². The van der Waals surface area contributed by atoms with Crippen LogP contribution in [0.2, 0.25) is 0 Å².